The summed E-state index contributed by atoms with van der Waals surface area (Å²) in [7, 11) is 0. The van der Waals surface area contributed by atoms with Crippen molar-refractivity contribution in [2.75, 3.05) is 0 Å². The minimum Gasteiger partial charge on any atom is -0.226 e. The zero-order valence-electron chi connectivity index (χ0n) is 5.26. The van der Waals surface area contributed by atoms with Gasteiger partial charge in [0.1, 0.15) is 5.15 Å². The molecule has 0 amide bonds. The Labute approximate surface area is 87.8 Å². The zero-order chi connectivity index (χ0) is 8.27. The van der Waals surface area contributed by atoms with Crippen molar-refractivity contribution >= 4 is 51.9 Å². The van der Waals surface area contributed by atoms with Gasteiger partial charge in [0.15, 0.2) is 0 Å². The normalized spacial score (nSPS) is 10.8. The number of rotatable bonds is 1. The quantitative estimate of drug-likeness (QED) is 0.452. The molecule has 1 aromatic rings. The van der Waals surface area contributed by atoms with Crippen LogP contribution in [0.3, 0.4) is 0 Å². The Morgan fingerprint density at radius 1 is 1.45 bits per heavy atom. The predicted octanol–water partition coefficient (Wildman–Crippen LogP) is 3.19. The van der Waals surface area contributed by atoms with Crippen molar-refractivity contribution in [3.05, 3.63) is 26.3 Å². The molecule has 1 heterocycles. The second-order valence-electron chi connectivity index (χ2n) is 1.68. The molecule has 5 heteroatoms. The summed E-state index contributed by atoms with van der Waals surface area (Å²) < 4.78 is 1.83. The number of halogens is 3. The lowest BCUT2D eigenvalue weighted by atomic mass is 10.3. The zero-order valence-corrected chi connectivity index (χ0v) is 8.93. The average molecular weight is 301 g/mol. The average Bonchev–Trinajstić information content (AvgIpc) is 1.95. The lowest BCUT2D eigenvalue weighted by Crippen LogP contribution is -1.85. The SMILES string of the molecule is Clc1ncc(/C=C/I)c(Cl)n1. The highest BCUT2D eigenvalue weighted by atomic mass is 127. The molecule has 0 spiro atoms. The second-order valence-corrected chi connectivity index (χ2v) is 3.09. The maximum absolute atomic E-state index is 5.72. The fourth-order valence-corrected chi connectivity index (χ4v) is 1.29. The van der Waals surface area contributed by atoms with E-state index >= 15 is 0 Å². The summed E-state index contributed by atoms with van der Waals surface area (Å²) in [6.07, 6.45) is 3.38. The third kappa shape index (κ3) is 2.57. The van der Waals surface area contributed by atoms with Gasteiger partial charge in [-0.3, -0.25) is 0 Å². The largest absolute Gasteiger partial charge is 0.226 e. The molecule has 58 valence electrons. The topological polar surface area (TPSA) is 25.8 Å². The first kappa shape index (κ1) is 9.22. The summed E-state index contributed by atoms with van der Waals surface area (Å²) in [6.45, 7) is 0. The van der Waals surface area contributed by atoms with Gasteiger partial charge in [-0.1, -0.05) is 34.2 Å². The summed E-state index contributed by atoms with van der Waals surface area (Å²) >= 11 is 13.3. The van der Waals surface area contributed by atoms with Crippen molar-refractivity contribution in [3.8, 4) is 0 Å². The van der Waals surface area contributed by atoms with Crippen LogP contribution in [0.25, 0.3) is 6.08 Å². The number of nitrogens with zero attached hydrogens (tertiary/aromatic N) is 2. The molecule has 0 atom stereocenters. The Hall–Kier alpha value is 0.130. The van der Waals surface area contributed by atoms with Crippen LogP contribution in [0.4, 0.5) is 0 Å². The van der Waals surface area contributed by atoms with Crippen LogP contribution in [0.2, 0.25) is 10.4 Å². The summed E-state index contributed by atoms with van der Waals surface area (Å²) in [5.41, 5.74) is 0.769. The van der Waals surface area contributed by atoms with Gasteiger partial charge in [0.05, 0.1) is 0 Å². The Balaban J connectivity index is 3.09. The van der Waals surface area contributed by atoms with Crippen LogP contribution in [-0.2, 0) is 0 Å². The highest BCUT2D eigenvalue weighted by Gasteiger charge is 1.98. The van der Waals surface area contributed by atoms with Crippen molar-refractivity contribution in [1.82, 2.24) is 9.97 Å². The van der Waals surface area contributed by atoms with Crippen LogP contribution in [-0.4, -0.2) is 9.97 Å². The van der Waals surface area contributed by atoms with Crippen molar-refractivity contribution in [1.29, 1.82) is 0 Å². The van der Waals surface area contributed by atoms with Gasteiger partial charge in [0.2, 0.25) is 5.28 Å². The van der Waals surface area contributed by atoms with Crippen LogP contribution in [0.5, 0.6) is 0 Å². The molecule has 2 nitrogen and oxygen atoms in total. The molecule has 0 unspecified atom stereocenters. The molecule has 0 fully saturated rings. The maximum atomic E-state index is 5.72. The smallest absolute Gasteiger partial charge is 0.223 e. The molecule has 0 radical (unpaired) electrons. The van der Waals surface area contributed by atoms with Gasteiger partial charge in [0.25, 0.3) is 0 Å². The Bertz CT molecular complexity index is 288. The standard InChI is InChI=1S/C6H3Cl2IN2/c7-5-4(1-2-9)3-10-6(8)11-5/h1-3H/b2-1+. The van der Waals surface area contributed by atoms with Gasteiger partial charge < -0.3 is 0 Å². The molecule has 0 saturated heterocycles. The van der Waals surface area contributed by atoms with Crippen LogP contribution >= 0.6 is 45.8 Å². The van der Waals surface area contributed by atoms with Gasteiger partial charge in [-0.25, -0.2) is 9.97 Å². The van der Waals surface area contributed by atoms with E-state index in [4.69, 9.17) is 23.2 Å². The Morgan fingerprint density at radius 3 is 2.73 bits per heavy atom. The van der Waals surface area contributed by atoms with Crippen molar-refractivity contribution < 1.29 is 0 Å². The molecular weight excluding hydrogens is 298 g/mol. The van der Waals surface area contributed by atoms with E-state index in [1.807, 2.05) is 4.08 Å². The first-order chi connectivity index (χ1) is 5.24. The van der Waals surface area contributed by atoms with E-state index in [1.165, 1.54) is 0 Å². The molecule has 0 saturated carbocycles. The van der Waals surface area contributed by atoms with E-state index in [9.17, 15) is 0 Å². The second kappa shape index (κ2) is 4.23. The summed E-state index contributed by atoms with van der Waals surface area (Å²) in [5, 5.41) is 0.540. The monoisotopic (exact) mass is 300 g/mol. The van der Waals surface area contributed by atoms with E-state index in [2.05, 4.69) is 32.6 Å². The van der Waals surface area contributed by atoms with Gasteiger partial charge in [-0.05, 0) is 21.8 Å². The van der Waals surface area contributed by atoms with E-state index in [1.54, 1.807) is 12.3 Å². The molecule has 0 N–H and O–H groups in total. The lowest BCUT2D eigenvalue weighted by molar-refractivity contribution is 1.16. The molecule has 0 bridgehead atoms. The third-order valence-electron chi connectivity index (χ3n) is 0.981. The van der Waals surface area contributed by atoms with Gasteiger partial charge in [-0.15, -0.1) is 0 Å². The van der Waals surface area contributed by atoms with Crippen molar-refractivity contribution in [3.63, 3.8) is 0 Å². The van der Waals surface area contributed by atoms with E-state index in [-0.39, 0.29) is 5.28 Å². The fraction of sp³-hybridized carbons (Fsp3) is 0. The van der Waals surface area contributed by atoms with Crippen molar-refractivity contribution in [2.24, 2.45) is 0 Å². The van der Waals surface area contributed by atoms with E-state index in [0.717, 1.165) is 5.56 Å². The third-order valence-corrected chi connectivity index (χ3v) is 1.83. The number of aromatic nitrogens is 2. The molecule has 1 rings (SSSR count). The minimum atomic E-state index is 0.167. The maximum Gasteiger partial charge on any atom is 0.223 e. The van der Waals surface area contributed by atoms with Gasteiger partial charge >= 0.3 is 0 Å². The molecule has 11 heavy (non-hydrogen) atoms. The molecule has 0 aromatic carbocycles. The molecule has 1 aromatic heterocycles. The van der Waals surface area contributed by atoms with Gasteiger partial charge in [-0.2, -0.15) is 0 Å². The highest BCUT2D eigenvalue weighted by Crippen LogP contribution is 2.15. The fourth-order valence-electron chi connectivity index (χ4n) is 0.530. The summed E-state index contributed by atoms with van der Waals surface area (Å²) in [4.78, 5) is 7.53. The lowest BCUT2D eigenvalue weighted by Gasteiger charge is -1.94. The molecule has 0 aliphatic heterocycles. The van der Waals surface area contributed by atoms with Gasteiger partial charge in [0, 0.05) is 11.8 Å². The van der Waals surface area contributed by atoms with Crippen LogP contribution in [0.15, 0.2) is 10.3 Å². The van der Waals surface area contributed by atoms with E-state index < -0.39 is 0 Å². The Morgan fingerprint density at radius 2 is 2.18 bits per heavy atom. The number of hydrogen-bond donors (Lipinski definition) is 0. The molecular formula is C6H3Cl2IN2. The summed E-state index contributed by atoms with van der Waals surface area (Å²) in [5.74, 6) is 0. The first-order valence-corrected chi connectivity index (χ1v) is 4.69. The predicted molar refractivity (Wildman–Crippen MR) is 55.1 cm³/mol. The first-order valence-electron chi connectivity index (χ1n) is 2.69. The van der Waals surface area contributed by atoms with Crippen LogP contribution in [0, 0.1) is 0 Å². The van der Waals surface area contributed by atoms with Crippen molar-refractivity contribution in [2.45, 2.75) is 0 Å². The molecule has 0 aliphatic carbocycles. The molecule has 0 aliphatic rings. The van der Waals surface area contributed by atoms with Crippen LogP contribution < -0.4 is 0 Å². The van der Waals surface area contributed by atoms with E-state index in [0.29, 0.717) is 5.15 Å². The Kier molecular flexibility index (Phi) is 3.54. The highest BCUT2D eigenvalue weighted by molar-refractivity contribution is 14.1. The number of hydrogen-bond acceptors (Lipinski definition) is 2. The van der Waals surface area contributed by atoms with Crippen LogP contribution in [0.1, 0.15) is 5.56 Å². The minimum absolute atomic E-state index is 0.167. The summed E-state index contributed by atoms with van der Waals surface area (Å²) in [6, 6.07) is 0.